The van der Waals surface area contributed by atoms with Crippen LogP contribution >= 0.6 is 0 Å². The van der Waals surface area contributed by atoms with Gasteiger partial charge >= 0.3 is 0 Å². The lowest BCUT2D eigenvalue weighted by atomic mass is 10.1. The van der Waals surface area contributed by atoms with E-state index in [1.807, 2.05) is 0 Å². The van der Waals surface area contributed by atoms with Crippen molar-refractivity contribution in [2.24, 2.45) is 5.73 Å². The SMILES string of the molecule is NC(=O)CCN(CC(O)c1cccc([N+](=O)[O-])c1)c1ccc(F)cc1. The topological polar surface area (TPSA) is 110 Å². The van der Waals surface area contributed by atoms with Crippen LogP contribution in [0.4, 0.5) is 15.8 Å². The second-order valence-corrected chi connectivity index (χ2v) is 5.51. The van der Waals surface area contributed by atoms with Crippen LogP contribution < -0.4 is 10.6 Å². The molecule has 7 nitrogen and oxygen atoms in total. The minimum atomic E-state index is -1.03. The molecule has 1 amide bonds. The number of carbonyl (C=O) groups is 1. The van der Waals surface area contributed by atoms with Crippen LogP contribution in [0.2, 0.25) is 0 Å². The number of anilines is 1. The van der Waals surface area contributed by atoms with Gasteiger partial charge in [0.2, 0.25) is 5.91 Å². The van der Waals surface area contributed by atoms with E-state index < -0.39 is 22.8 Å². The Morgan fingerprint density at radius 1 is 1.28 bits per heavy atom. The van der Waals surface area contributed by atoms with Gasteiger partial charge in [-0.3, -0.25) is 14.9 Å². The molecule has 2 rings (SSSR count). The van der Waals surface area contributed by atoms with Gasteiger partial charge in [-0.15, -0.1) is 0 Å². The zero-order valence-electron chi connectivity index (χ0n) is 13.3. The van der Waals surface area contributed by atoms with Crippen molar-refractivity contribution in [3.63, 3.8) is 0 Å². The van der Waals surface area contributed by atoms with E-state index in [0.29, 0.717) is 11.3 Å². The van der Waals surface area contributed by atoms with Gasteiger partial charge in [0.25, 0.3) is 5.69 Å². The average molecular weight is 347 g/mol. The van der Waals surface area contributed by atoms with Crippen LogP contribution in [0.1, 0.15) is 18.1 Å². The van der Waals surface area contributed by atoms with E-state index in [9.17, 15) is 24.4 Å². The lowest BCUT2D eigenvalue weighted by Gasteiger charge is -2.27. The summed E-state index contributed by atoms with van der Waals surface area (Å²) in [5.74, 6) is -0.908. The maximum absolute atomic E-state index is 13.1. The van der Waals surface area contributed by atoms with Crippen molar-refractivity contribution in [1.29, 1.82) is 0 Å². The van der Waals surface area contributed by atoms with Crippen molar-refractivity contribution in [3.8, 4) is 0 Å². The number of nitrogens with two attached hydrogens (primary N) is 1. The first-order valence-corrected chi connectivity index (χ1v) is 7.58. The van der Waals surface area contributed by atoms with Gasteiger partial charge in [0.15, 0.2) is 0 Å². The Hall–Kier alpha value is -3.00. The van der Waals surface area contributed by atoms with Crippen LogP contribution in [0, 0.1) is 15.9 Å². The minimum Gasteiger partial charge on any atom is -0.387 e. The van der Waals surface area contributed by atoms with E-state index in [0.717, 1.165) is 0 Å². The van der Waals surface area contributed by atoms with E-state index in [-0.39, 0.29) is 25.2 Å². The third-order valence-corrected chi connectivity index (χ3v) is 3.68. The molecular weight excluding hydrogens is 329 g/mol. The Morgan fingerprint density at radius 3 is 2.56 bits per heavy atom. The third-order valence-electron chi connectivity index (χ3n) is 3.68. The van der Waals surface area contributed by atoms with Crippen molar-refractivity contribution < 1.29 is 19.2 Å². The molecule has 132 valence electrons. The molecule has 0 bridgehead atoms. The quantitative estimate of drug-likeness (QED) is 0.562. The molecule has 0 spiro atoms. The van der Waals surface area contributed by atoms with Crippen LogP contribution in [0.5, 0.6) is 0 Å². The highest BCUT2D eigenvalue weighted by molar-refractivity contribution is 5.74. The monoisotopic (exact) mass is 347 g/mol. The first-order chi connectivity index (χ1) is 11.9. The van der Waals surface area contributed by atoms with Gasteiger partial charge in [0, 0.05) is 37.3 Å². The van der Waals surface area contributed by atoms with Crippen LogP contribution in [-0.2, 0) is 4.79 Å². The number of benzene rings is 2. The maximum Gasteiger partial charge on any atom is 0.269 e. The Kier molecular flexibility index (Phi) is 6.02. The maximum atomic E-state index is 13.1. The summed E-state index contributed by atoms with van der Waals surface area (Å²) in [6, 6.07) is 11.3. The first-order valence-electron chi connectivity index (χ1n) is 7.58. The van der Waals surface area contributed by atoms with Crippen molar-refractivity contribution in [2.45, 2.75) is 12.5 Å². The van der Waals surface area contributed by atoms with Crippen molar-refractivity contribution in [1.82, 2.24) is 0 Å². The number of hydrogen-bond acceptors (Lipinski definition) is 5. The second kappa shape index (κ2) is 8.20. The third kappa shape index (κ3) is 5.25. The fraction of sp³-hybridized carbons (Fsp3) is 0.235. The zero-order valence-corrected chi connectivity index (χ0v) is 13.3. The summed E-state index contributed by atoms with van der Waals surface area (Å²) in [5, 5.41) is 21.3. The van der Waals surface area contributed by atoms with Gasteiger partial charge in [0.1, 0.15) is 5.82 Å². The van der Waals surface area contributed by atoms with Gasteiger partial charge in [-0.25, -0.2) is 4.39 Å². The van der Waals surface area contributed by atoms with Gasteiger partial charge in [-0.2, -0.15) is 0 Å². The second-order valence-electron chi connectivity index (χ2n) is 5.51. The molecule has 25 heavy (non-hydrogen) atoms. The number of aliphatic hydroxyl groups is 1. The van der Waals surface area contributed by atoms with E-state index >= 15 is 0 Å². The zero-order chi connectivity index (χ0) is 18.4. The minimum absolute atomic E-state index is 0.0546. The standard InChI is InChI=1S/C17H18FN3O4/c18-13-4-6-14(7-5-13)20(9-8-17(19)23)11-16(22)12-2-1-3-15(10-12)21(24)25/h1-7,10,16,22H,8-9,11H2,(H2,19,23). The first kappa shape index (κ1) is 18.3. The van der Waals surface area contributed by atoms with E-state index in [1.165, 1.54) is 42.5 Å². The van der Waals surface area contributed by atoms with E-state index in [2.05, 4.69) is 0 Å². The Balaban J connectivity index is 2.19. The lowest BCUT2D eigenvalue weighted by molar-refractivity contribution is -0.385. The molecule has 0 aliphatic heterocycles. The van der Waals surface area contributed by atoms with E-state index in [4.69, 9.17) is 5.73 Å². The molecule has 0 fully saturated rings. The molecule has 0 saturated heterocycles. The summed E-state index contributed by atoms with van der Waals surface area (Å²) in [5.41, 5.74) is 6.03. The Bertz CT molecular complexity index is 752. The molecule has 0 aliphatic carbocycles. The largest absolute Gasteiger partial charge is 0.387 e. The number of nitro groups is 1. The molecule has 0 aromatic heterocycles. The van der Waals surface area contributed by atoms with Gasteiger partial charge in [0.05, 0.1) is 11.0 Å². The lowest BCUT2D eigenvalue weighted by Crippen LogP contribution is -2.32. The highest BCUT2D eigenvalue weighted by Gasteiger charge is 2.17. The van der Waals surface area contributed by atoms with Crippen LogP contribution in [-0.4, -0.2) is 29.0 Å². The number of nitro benzene ring substituents is 1. The molecule has 2 aromatic rings. The molecule has 0 aliphatic rings. The highest BCUT2D eigenvalue weighted by Crippen LogP contribution is 2.23. The summed E-state index contributed by atoms with van der Waals surface area (Å²) in [7, 11) is 0. The molecule has 3 N–H and O–H groups in total. The molecule has 0 saturated carbocycles. The number of rotatable bonds is 8. The molecule has 8 heteroatoms. The number of amides is 1. The normalized spacial score (nSPS) is 11.8. The Morgan fingerprint density at radius 2 is 1.96 bits per heavy atom. The summed E-state index contributed by atoms with van der Waals surface area (Å²) in [4.78, 5) is 23.1. The predicted molar refractivity (Wildman–Crippen MR) is 90.5 cm³/mol. The summed E-state index contributed by atoms with van der Waals surface area (Å²) < 4.78 is 13.1. The highest BCUT2D eigenvalue weighted by atomic mass is 19.1. The number of aliphatic hydroxyl groups excluding tert-OH is 1. The number of hydrogen-bond donors (Lipinski definition) is 2. The molecule has 2 aromatic carbocycles. The number of carbonyl (C=O) groups excluding carboxylic acids is 1. The number of halogens is 1. The van der Waals surface area contributed by atoms with Crippen LogP contribution in [0.15, 0.2) is 48.5 Å². The molecule has 0 heterocycles. The number of nitrogens with zero attached hydrogens (tertiary/aromatic N) is 2. The summed E-state index contributed by atoms with van der Waals surface area (Å²) >= 11 is 0. The smallest absolute Gasteiger partial charge is 0.269 e. The van der Waals surface area contributed by atoms with Crippen LogP contribution in [0.3, 0.4) is 0 Å². The van der Waals surface area contributed by atoms with Crippen molar-refractivity contribution in [3.05, 3.63) is 70.0 Å². The average Bonchev–Trinajstić information content (AvgIpc) is 2.59. The Labute approximate surface area is 143 Å². The predicted octanol–water partition coefficient (Wildman–Crippen LogP) is 2.15. The van der Waals surface area contributed by atoms with Gasteiger partial charge < -0.3 is 15.7 Å². The molecule has 1 atom stereocenters. The number of primary amides is 1. The van der Waals surface area contributed by atoms with Crippen molar-refractivity contribution in [2.75, 3.05) is 18.0 Å². The van der Waals surface area contributed by atoms with E-state index in [1.54, 1.807) is 11.0 Å². The molecule has 0 radical (unpaired) electrons. The fourth-order valence-corrected chi connectivity index (χ4v) is 2.38. The summed E-state index contributed by atoms with van der Waals surface area (Å²) in [6.45, 7) is 0.299. The van der Waals surface area contributed by atoms with Crippen molar-refractivity contribution >= 4 is 17.3 Å². The van der Waals surface area contributed by atoms with Gasteiger partial charge in [-0.05, 0) is 29.8 Å². The summed E-state index contributed by atoms with van der Waals surface area (Å²) in [6.07, 6.45) is -0.975. The van der Waals surface area contributed by atoms with Gasteiger partial charge in [-0.1, -0.05) is 12.1 Å². The molecular formula is C17H18FN3O4. The fourth-order valence-electron chi connectivity index (χ4n) is 2.38. The molecule has 1 unspecified atom stereocenters. The number of non-ortho nitro benzene ring substituents is 1. The van der Waals surface area contributed by atoms with Crippen LogP contribution in [0.25, 0.3) is 0 Å².